The zero-order valence-corrected chi connectivity index (χ0v) is 13.1. The summed E-state index contributed by atoms with van der Waals surface area (Å²) in [7, 11) is 1.95. The lowest BCUT2D eigenvalue weighted by Crippen LogP contribution is -2.46. The minimum absolute atomic E-state index is 0.132. The zero-order valence-electron chi connectivity index (χ0n) is 13.1. The Morgan fingerprint density at radius 1 is 1.30 bits per heavy atom. The first kappa shape index (κ1) is 15.0. The number of amides is 1. The van der Waals surface area contributed by atoms with Crippen molar-refractivity contribution in [3.8, 4) is 0 Å². The number of aryl methyl sites for hydroxylation is 2. The van der Waals surface area contributed by atoms with E-state index in [1.54, 1.807) is 0 Å². The summed E-state index contributed by atoms with van der Waals surface area (Å²) in [5.41, 5.74) is 3.40. The second-order valence-corrected chi connectivity index (χ2v) is 5.76. The van der Waals surface area contributed by atoms with E-state index in [1.807, 2.05) is 30.5 Å². The standard InChI is InChI=1S/C15H26N4O/c1-11-14(13(3)18(4)17-11)10-16-12(2)15(20)19-8-6-5-7-9-19/h12,16H,5-10H2,1-4H3. The van der Waals surface area contributed by atoms with Gasteiger partial charge in [-0.2, -0.15) is 5.10 Å². The van der Waals surface area contributed by atoms with Crippen LogP contribution in [0.3, 0.4) is 0 Å². The van der Waals surface area contributed by atoms with E-state index >= 15 is 0 Å². The molecule has 1 N–H and O–H groups in total. The number of piperidine rings is 1. The van der Waals surface area contributed by atoms with Crippen molar-refractivity contribution in [2.24, 2.45) is 7.05 Å². The summed E-state index contributed by atoms with van der Waals surface area (Å²) in [4.78, 5) is 14.3. The van der Waals surface area contributed by atoms with Crippen LogP contribution in [0.4, 0.5) is 0 Å². The third-order valence-corrected chi connectivity index (χ3v) is 4.28. The quantitative estimate of drug-likeness (QED) is 0.908. The minimum Gasteiger partial charge on any atom is -0.341 e. The van der Waals surface area contributed by atoms with E-state index in [9.17, 15) is 4.79 Å². The highest BCUT2D eigenvalue weighted by atomic mass is 16.2. The van der Waals surface area contributed by atoms with Gasteiger partial charge in [0.1, 0.15) is 0 Å². The molecule has 5 heteroatoms. The van der Waals surface area contributed by atoms with Crippen LogP contribution in [0.25, 0.3) is 0 Å². The van der Waals surface area contributed by atoms with Gasteiger partial charge in [-0.15, -0.1) is 0 Å². The highest BCUT2D eigenvalue weighted by molar-refractivity contribution is 5.81. The molecule has 1 atom stereocenters. The number of hydrogen-bond donors (Lipinski definition) is 1. The molecule has 1 aromatic rings. The van der Waals surface area contributed by atoms with Gasteiger partial charge in [0.05, 0.1) is 11.7 Å². The molecule has 1 aliphatic heterocycles. The number of nitrogens with one attached hydrogen (secondary N) is 1. The van der Waals surface area contributed by atoms with Crippen molar-refractivity contribution in [2.75, 3.05) is 13.1 Å². The molecule has 2 rings (SSSR count). The van der Waals surface area contributed by atoms with Crippen LogP contribution in [0.5, 0.6) is 0 Å². The smallest absolute Gasteiger partial charge is 0.239 e. The summed E-state index contributed by atoms with van der Waals surface area (Å²) in [6, 6.07) is -0.132. The number of carbonyl (C=O) groups excluding carboxylic acids is 1. The number of likely N-dealkylation sites (tertiary alicyclic amines) is 1. The maximum Gasteiger partial charge on any atom is 0.239 e. The molecule has 0 aromatic carbocycles. The minimum atomic E-state index is -0.132. The van der Waals surface area contributed by atoms with Crippen molar-refractivity contribution in [1.82, 2.24) is 20.0 Å². The molecule has 0 aliphatic carbocycles. The fourth-order valence-electron chi connectivity index (χ4n) is 2.80. The van der Waals surface area contributed by atoms with Crippen LogP contribution in [-0.2, 0) is 18.4 Å². The Kier molecular flexibility index (Phi) is 4.81. The molecule has 1 fully saturated rings. The number of rotatable bonds is 4. The zero-order chi connectivity index (χ0) is 14.7. The summed E-state index contributed by atoms with van der Waals surface area (Å²) < 4.78 is 1.89. The molecule has 1 aromatic heterocycles. The molecule has 1 unspecified atom stereocenters. The van der Waals surface area contributed by atoms with Crippen LogP contribution in [-0.4, -0.2) is 39.7 Å². The number of carbonyl (C=O) groups is 1. The molecule has 1 saturated heterocycles. The summed E-state index contributed by atoms with van der Waals surface area (Å²) in [5.74, 6) is 0.226. The monoisotopic (exact) mass is 278 g/mol. The van der Waals surface area contributed by atoms with Crippen molar-refractivity contribution in [2.45, 2.75) is 52.6 Å². The molecule has 20 heavy (non-hydrogen) atoms. The average Bonchev–Trinajstić information content (AvgIpc) is 2.70. The molecular formula is C15H26N4O. The molecule has 1 amide bonds. The first-order valence-corrected chi connectivity index (χ1v) is 7.52. The molecule has 1 aliphatic rings. The first-order chi connectivity index (χ1) is 9.50. The van der Waals surface area contributed by atoms with Crippen molar-refractivity contribution >= 4 is 5.91 Å². The molecular weight excluding hydrogens is 252 g/mol. The Balaban J connectivity index is 1.91. The van der Waals surface area contributed by atoms with Crippen LogP contribution in [0.15, 0.2) is 0 Å². The normalized spacial score (nSPS) is 17.3. The lowest BCUT2D eigenvalue weighted by atomic mass is 10.1. The lowest BCUT2D eigenvalue weighted by Gasteiger charge is -2.29. The number of nitrogens with zero attached hydrogens (tertiary/aromatic N) is 3. The van der Waals surface area contributed by atoms with Gasteiger partial charge < -0.3 is 10.2 Å². The van der Waals surface area contributed by atoms with E-state index in [1.165, 1.54) is 12.0 Å². The molecule has 112 valence electrons. The fraction of sp³-hybridized carbons (Fsp3) is 0.733. The van der Waals surface area contributed by atoms with Crippen molar-refractivity contribution in [1.29, 1.82) is 0 Å². The second-order valence-electron chi connectivity index (χ2n) is 5.76. The number of hydrogen-bond acceptors (Lipinski definition) is 3. The van der Waals surface area contributed by atoms with Crippen molar-refractivity contribution in [3.05, 3.63) is 17.0 Å². The van der Waals surface area contributed by atoms with Gasteiger partial charge in [0.25, 0.3) is 0 Å². The molecule has 0 radical (unpaired) electrons. The van der Waals surface area contributed by atoms with Gasteiger partial charge in [-0.3, -0.25) is 9.48 Å². The Labute approximate surface area is 121 Å². The van der Waals surface area contributed by atoms with E-state index in [-0.39, 0.29) is 11.9 Å². The van der Waals surface area contributed by atoms with Crippen LogP contribution in [0.1, 0.15) is 43.1 Å². The predicted molar refractivity (Wildman–Crippen MR) is 79.4 cm³/mol. The summed E-state index contributed by atoms with van der Waals surface area (Å²) in [6.45, 7) is 8.56. The highest BCUT2D eigenvalue weighted by Crippen LogP contribution is 2.13. The summed E-state index contributed by atoms with van der Waals surface area (Å²) in [6.07, 6.45) is 3.53. The molecule has 0 saturated carbocycles. The van der Waals surface area contributed by atoms with Crippen LogP contribution in [0.2, 0.25) is 0 Å². The van der Waals surface area contributed by atoms with Gasteiger partial charge in [-0.1, -0.05) is 0 Å². The maximum absolute atomic E-state index is 12.3. The van der Waals surface area contributed by atoms with Crippen molar-refractivity contribution in [3.63, 3.8) is 0 Å². The number of aromatic nitrogens is 2. The second kappa shape index (κ2) is 6.39. The Morgan fingerprint density at radius 3 is 2.50 bits per heavy atom. The van der Waals surface area contributed by atoms with Gasteiger partial charge in [0.15, 0.2) is 0 Å². The van der Waals surface area contributed by atoms with Gasteiger partial charge in [-0.05, 0) is 40.0 Å². The van der Waals surface area contributed by atoms with Crippen LogP contribution >= 0.6 is 0 Å². The maximum atomic E-state index is 12.3. The fourth-order valence-corrected chi connectivity index (χ4v) is 2.80. The lowest BCUT2D eigenvalue weighted by molar-refractivity contribution is -0.133. The van der Waals surface area contributed by atoms with Crippen molar-refractivity contribution < 1.29 is 4.79 Å². The molecule has 5 nitrogen and oxygen atoms in total. The van der Waals surface area contributed by atoms with E-state index in [2.05, 4.69) is 17.3 Å². The Morgan fingerprint density at radius 2 is 1.95 bits per heavy atom. The van der Waals surface area contributed by atoms with E-state index in [4.69, 9.17) is 0 Å². The SMILES string of the molecule is Cc1nn(C)c(C)c1CNC(C)C(=O)N1CCCCC1. The van der Waals surface area contributed by atoms with Gasteiger partial charge >= 0.3 is 0 Å². The third kappa shape index (κ3) is 3.20. The topological polar surface area (TPSA) is 50.2 Å². The predicted octanol–water partition coefficient (Wildman–Crippen LogP) is 1.53. The van der Waals surface area contributed by atoms with Crippen LogP contribution in [0, 0.1) is 13.8 Å². The molecule has 2 heterocycles. The Bertz CT molecular complexity index is 474. The average molecular weight is 278 g/mol. The molecule has 0 spiro atoms. The van der Waals surface area contributed by atoms with Gasteiger partial charge in [0.2, 0.25) is 5.91 Å². The van der Waals surface area contributed by atoms with E-state index in [0.29, 0.717) is 6.54 Å². The highest BCUT2D eigenvalue weighted by Gasteiger charge is 2.22. The van der Waals surface area contributed by atoms with E-state index < -0.39 is 0 Å². The first-order valence-electron chi connectivity index (χ1n) is 7.52. The third-order valence-electron chi connectivity index (χ3n) is 4.28. The summed E-state index contributed by atoms with van der Waals surface area (Å²) in [5, 5.41) is 7.75. The molecule has 0 bridgehead atoms. The van der Waals surface area contributed by atoms with Crippen LogP contribution < -0.4 is 5.32 Å². The summed E-state index contributed by atoms with van der Waals surface area (Å²) >= 11 is 0. The van der Waals surface area contributed by atoms with Gasteiger partial charge in [-0.25, -0.2) is 0 Å². The Hall–Kier alpha value is -1.36. The van der Waals surface area contributed by atoms with E-state index in [0.717, 1.165) is 37.3 Å². The van der Waals surface area contributed by atoms with Gasteiger partial charge in [0, 0.05) is 37.9 Å². The largest absolute Gasteiger partial charge is 0.341 e.